The lowest BCUT2D eigenvalue weighted by atomic mass is 10.1. The molecule has 0 atom stereocenters. The standard InChI is InChI=1S/C40H44N6.CH4/c1-5-7-29-41-43-33-13-21-37(22-14-33)46(38-23-15-34(16-24-38)44-42-30-8-6-2)40-27-25-39(26-28-40)45(35-17-9-31(3)10-18-35)36-19-11-32(4)12-20-36;/h9-28H,5-8,29-30H2,1-4H3;1H4/q+2;. The maximum Gasteiger partial charge on any atom is 0.212 e. The summed E-state index contributed by atoms with van der Waals surface area (Å²) in [5.74, 6) is 0. The minimum Gasteiger partial charge on any atom is -0.189 e. The molecule has 240 valence electrons. The minimum atomic E-state index is 0. The summed E-state index contributed by atoms with van der Waals surface area (Å²) in [5, 5.41) is 17.5. The van der Waals surface area contributed by atoms with Crippen molar-refractivity contribution >= 4 is 45.5 Å². The summed E-state index contributed by atoms with van der Waals surface area (Å²) >= 11 is 0. The minimum absolute atomic E-state index is 0. The van der Waals surface area contributed by atoms with Crippen LogP contribution in [-0.4, -0.2) is 24.5 Å². The number of rotatable bonds is 12. The molecule has 0 aliphatic heterocycles. The molecular weight excluding hydrogens is 576 g/mol. The summed E-state index contributed by atoms with van der Waals surface area (Å²) in [6.07, 6.45) is 13.1. The summed E-state index contributed by atoms with van der Waals surface area (Å²) in [6, 6.07) is 33.9. The van der Waals surface area contributed by atoms with Crippen LogP contribution in [-0.2, 0) is 0 Å². The first-order valence-corrected chi connectivity index (χ1v) is 16.3. The lowest BCUT2D eigenvalue weighted by Crippen LogP contribution is -2.20. The van der Waals surface area contributed by atoms with Crippen LogP contribution in [0.4, 0.5) is 34.1 Å². The van der Waals surface area contributed by atoms with Gasteiger partial charge in [0.05, 0.1) is 24.5 Å². The number of hydrogen-bond donors (Lipinski definition) is 0. The van der Waals surface area contributed by atoms with E-state index in [9.17, 15) is 0 Å². The first kappa shape index (κ1) is 34.8. The van der Waals surface area contributed by atoms with Crippen LogP contribution >= 0.6 is 0 Å². The van der Waals surface area contributed by atoms with E-state index in [0.29, 0.717) is 0 Å². The SMILES string of the molecule is C.CCCCN=Nc1ccc([N+](=C2C=CC(=[N+](c3ccc(C)cc3)c3ccc(C)cc3)C=C2)c2ccc(N=NCCCC)cc2)cc1. The maximum atomic E-state index is 4.42. The molecule has 4 aromatic rings. The normalized spacial score (nSPS) is 12.6. The molecule has 0 unspecified atom stereocenters. The Kier molecular flexibility index (Phi) is 13.0. The van der Waals surface area contributed by atoms with E-state index in [1.54, 1.807) is 0 Å². The Morgan fingerprint density at radius 3 is 1.04 bits per heavy atom. The molecule has 0 saturated heterocycles. The molecule has 4 aromatic carbocycles. The second-order valence-electron chi connectivity index (χ2n) is 11.5. The highest BCUT2D eigenvalue weighted by Crippen LogP contribution is 2.28. The molecule has 0 radical (unpaired) electrons. The van der Waals surface area contributed by atoms with Gasteiger partial charge < -0.3 is 0 Å². The average Bonchev–Trinajstić information content (AvgIpc) is 3.09. The third-order valence-corrected chi connectivity index (χ3v) is 7.76. The molecule has 0 N–H and O–H groups in total. The molecular formula is C41H48N6+2. The quantitative estimate of drug-likeness (QED) is 0.0652. The van der Waals surface area contributed by atoms with Gasteiger partial charge in [0.25, 0.3) is 0 Å². The van der Waals surface area contributed by atoms with Crippen molar-refractivity contribution in [1.29, 1.82) is 0 Å². The fraction of sp³-hybridized carbons (Fsp3) is 0.268. The molecule has 1 aliphatic rings. The van der Waals surface area contributed by atoms with Gasteiger partial charge in [-0.15, -0.1) is 0 Å². The fourth-order valence-electron chi connectivity index (χ4n) is 5.09. The van der Waals surface area contributed by atoms with Crippen LogP contribution in [0.1, 0.15) is 58.1 Å². The molecule has 0 aromatic heterocycles. The maximum absolute atomic E-state index is 4.42. The Balaban J connectivity index is 0.00000500. The second kappa shape index (κ2) is 17.6. The fourth-order valence-corrected chi connectivity index (χ4v) is 5.09. The van der Waals surface area contributed by atoms with Crippen LogP contribution in [0.3, 0.4) is 0 Å². The van der Waals surface area contributed by atoms with E-state index in [4.69, 9.17) is 0 Å². The third kappa shape index (κ3) is 9.46. The average molecular weight is 625 g/mol. The Morgan fingerprint density at radius 1 is 0.447 bits per heavy atom. The molecule has 6 nitrogen and oxygen atoms in total. The van der Waals surface area contributed by atoms with E-state index in [1.807, 2.05) is 24.3 Å². The van der Waals surface area contributed by atoms with Gasteiger partial charge in [-0.3, -0.25) is 0 Å². The van der Waals surface area contributed by atoms with Gasteiger partial charge in [0, 0.05) is 72.8 Å². The third-order valence-electron chi connectivity index (χ3n) is 7.76. The zero-order valence-electron chi connectivity index (χ0n) is 27.5. The molecule has 6 heteroatoms. The van der Waals surface area contributed by atoms with Gasteiger partial charge in [0.1, 0.15) is 0 Å². The molecule has 0 spiro atoms. The molecule has 47 heavy (non-hydrogen) atoms. The van der Waals surface area contributed by atoms with Gasteiger partial charge in [-0.2, -0.15) is 29.6 Å². The van der Waals surface area contributed by atoms with E-state index >= 15 is 0 Å². The Morgan fingerprint density at radius 2 is 0.745 bits per heavy atom. The molecule has 0 bridgehead atoms. The summed E-state index contributed by atoms with van der Waals surface area (Å²) in [5.41, 5.74) is 10.6. The van der Waals surface area contributed by atoms with Crippen molar-refractivity contribution in [3.63, 3.8) is 0 Å². The number of allylic oxidation sites excluding steroid dienone is 4. The van der Waals surface area contributed by atoms with Gasteiger partial charge in [-0.05, 0) is 51.0 Å². The van der Waals surface area contributed by atoms with Crippen LogP contribution < -0.4 is 9.15 Å². The van der Waals surface area contributed by atoms with Crippen LogP contribution in [0.5, 0.6) is 0 Å². The zero-order valence-corrected chi connectivity index (χ0v) is 27.5. The highest BCUT2D eigenvalue weighted by molar-refractivity contribution is 6.20. The van der Waals surface area contributed by atoms with Crippen molar-refractivity contribution in [2.75, 3.05) is 13.1 Å². The van der Waals surface area contributed by atoms with Crippen LogP contribution in [0.15, 0.2) is 142 Å². The Labute approximate surface area is 281 Å². The number of azo groups is 2. The molecule has 0 heterocycles. The topological polar surface area (TPSA) is 55.5 Å². The van der Waals surface area contributed by atoms with E-state index in [1.165, 1.54) is 11.1 Å². The molecule has 1 aliphatic carbocycles. The lowest BCUT2D eigenvalue weighted by molar-refractivity contribution is 0.780. The predicted octanol–water partition coefficient (Wildman–Crippen LogP) is 12.1. The zero-order chi connectivity index (χ0) is 32.1. The Bertz CT molecular complexity index is 1640. The van der Waals surface area contributed by atoms with E-state index in [2.05, 4.69) is 154 Å². The van der Waals surface area contributed by atoms with Crippen molar-refractivity contribution in [1.82, 2.24) is 9.15 Å². The highest BCUT2D eigenvalue weighted by atomic mass is 15.1. The summed E-state index contributed by atoms with van der Waals surface area (Å²) in [4.78, 5) is 0. The molecule has 0 amide bonds. The molecule has 5 rings (SSSR count). The Hall–Kier alpha value is -5.10. The van der Waals surface area contributed by atoms with Crippen LogP contribution in [0.25, 0.3) is 0 Å². The van der Waals surface area contributed by atoms with Crippen LogP contribution in [0, 0.1) is 13.8 Å². The highest BCUT2D eigenvalue weighted by Gasteiger charge is 2.24. The molecule has 0 saturated carbocycles. The summed E-state index contributed by atoms with van der Waals surface area (Å²) in [6.45, 7) is 10.1. The lowest BCUT2D eigenvalue weighted by Gasteiger charge is -2.10. The van der Waals surface area contributed by atoms with E-state index in [0.717, 1.165) is 84.3 Å². The largest absolute Gasteiger partial charge is 0.212 e. The van der Waals surface area contributed by atoms with Crippen LogP contribution in [0.2, 0.25) is 0 Å². The van der Waals surface area contributed by atoms with Gasteiger partial charge in [-0.25, -0.2) is 0 Å². The molecule has 0 fully saturated rings. The van der Waals surface area contributed by atoms with Crippen molar-refractivity contribution in [2.24, 2.45) is 20.5 Å². The first-order chi connectivity index (χ1) is 22.6. The summed E-state index contributed by atoms with van der Waals surface area (Å²) in [7, 11) is 0. The van der Waals surface area contributed by atoms with E-state index in [-0.39, 0.29) is 7.43 Å². The van der Waals surface area contributed by atoms with Crippen molar-refractivity contribution < 1.29 is 0 Å². The number of hydrogen-bond acceptors (Lipinski definition) is 4. The van der Waals surface area contributed by atoms with Gasteiger partial charge >= 0.3 is 0 Å². The van der Waals surface area contributed by atoms with Gasteiger partial charge in [0.2, 0.25) is 34.2 Å². The monoisotopic (exact) mass is 624 g/mol. The number of nitrogens with zero attached hydrogens (tertiary/aromatic N) is 6. The summed E-state index contributed by atoms with van der Waals surface area (Å²) < 4.78 is 4.55. The first-order valence-electron chi connectivity index (χ1n) is 16.3. The predicted molar refractivity (Wildman–Crippen MR) is 202 cm³/mol. The van der Waals surface area contributed by atoms with Crippen molar-refractivity contribution in [3.05, 3.63) is 132 Å². The van der Waals surface area contributed by atoms with E-state index < -0.39 is 0 Å². The van der Waals surface area contributed by atoms with Crippen molar-refractivity contribution in [2.45, 2.75) is 60.8 Å². The number of aryl methyl sites for hydroxylation is 2. The number of unbranched alkanes of at least 4 members (excludes halogenated alkanes) is 2. The van der Waals surface area contributed by atoms with Gasteiger partial charge in [-0.1, -0.05) is 69.5 Å². The smallest absolute Gasteiger partial charge is 0.189 e. The van der Waals surface area contributed by atoms with Gasteiger partial charge in [0.15, 0.2) is 0 Å². The second-order valence-corrected chi connectivity index (χ2v) is 11.5. The number of benzene rings is 4. The van der Waals surface area contributed by atoms with Crippen molar-refractivity contribution in [3.8, 4) is 0 Å².